The molecule has 1 unspecified atom stereocenters. The lowest BCUT2D eigenvalue weighted by molar-refractivity contribution is -0.116. The summed E-state index contributed by atoms with van der Waals surface area (Å²) < 4.78 is 0.713. The predicted octanol–water partition coefficient (Wildman–Crippen LogP) is 5.02. The van der Waals surface area contributed by atoms with Gasteiger partial charge in [0.2, 0.25) is 5.91 Å². The third-order valence-electron chi connectivity index (χ3n) is 2.51. The highest BCUT2D eigenvalue weighted by Gasteiger charge is 2.18. The van der Waals surface area contributed by atoms with Crippen LogP contribution in [0.1, 0.15) is 10.9 Å². The van der Waals surface area contributed by atoms with E-state index in [1.807, 2.05) is 30.3 Å². The monoisotopic (exact) mass is 357 g/mol. The summed E-state index contributed by atoms with van der Waals surface area (Å²) in [7, 11) is 0. The molecule has 2 aromatic carbocycles. The third-order valence-corrected chi connectivity index (χ3v) is 3.85. The van der Waals surface area contributed by atoms with Gasteiger partial charge in [0, 0.05) is 9.50 Å². The van der Waals surface area contributed by atoms with Gasteiger partial charge in [0.25, 0.3) is 0 Å². The Bertz CT molecular complexity index is 589. The van der Waals surface area contributed by atoms with Crippen molar-refractivity contribution in [3.8, 4) is 0 Å². The average molecular weight is 359 g/mol. The molecule has 2 rings (SSSR count). The number of rotatable bonds is 3. The van der Waals surface area contributed by atoms with Crippen molar-refractivity contribution in [3.05, 3.63) is 63.6 Å². The van der Waals surface area contributed by atoms with E-state index in [1.54, 1.807) is 18.2 Å². The van der Waals surface area contributed by atoms with E-state index >= 15 is 0 Å². The SMILES string of the molecule is O=C(Nc1ccc(Cl)cc1Br)C(Cl)c1ccccc1. The average Bonchev–Trinajstić information content (AvgIpc) is 2.42. The fourth-order valence-corrected chi connectivity index (χ4v) is 2.54. The van der Waals surface area contributed by atoms with Crippen LogP contribution in [0, 0.1) is 0 Å². The first kappa shape index (κ1) is 14.4. The van der Waals surface area contributed by atoms with Gasteiger partial charge in [-0.2, -0.15) is 0 Å². The maximum atomic E-state index is 12.1. The van der Waals surface area contributed by atoms with Crippen LogP contribution in [0.4, 0.5) is 5.69 Å². The Morgan fingerprint density at radius 1 is 1.16 bits per heavy atom. The summed E-state index contributed by atoms with van der Waals surface area (Å²) in [5, 5.41) is 2.62. The molecule has 98 valence electrons. The third kappa shape index (κ3) is 3.72. The van der Waals surface area contributed by atoms with Gasteiger partial charge in [-0.15, -0.1) is 11.6 Å². The molecule has 0 heterocycles. The molecule has 0 radical (unpaired) electrons. The molecule has 0 saturated carbocycles. The van der Waals surface area contributed by atoms with Gasteiger partial charge in [-0.1, -0.05) is 41.9 Å². The van der Waals surface area contributed by atoms with Gasteiger partial charge in [-0.3, -0.25) is 4.79 Å². The topological polar surface area (TPSA) is 29.1 Å². The number of nitrogens with one attached hydrogen (secondary N) is 1. The zero-order valence-electron chi connectivity index (χ0n) is 9.74. The predicted molar refractivity (Wildman–Crippen MR) is 82.8 cm³/mol. The molecule has 0 aliphatic rings. The number of halogens is 3. The number of hydrogen-bond donors (Lipinski definition) is 1. The van der Waals surface area contributed by atoms with E-state index in [0.29, 0.717) is 15.2 Å². The Labute approximate surface area is 129 Å². The summed E-state index contributed by atoms with van der Waals surface area (Å²) in [6.07, 6.45) is 0. The second kappa shape index (κ2) is 6.42. The van der Waals surface area contributed by atoms with Crippen LogP contribution in [0.5, 0.6) is 0 Å². The molecular formula is C14H10BrCl2NO. The summed E-state index contributed by atoms with van der Waals surface area (Å²) in [5.74, 6) is -0.282. The van der Waals surface area contributed by atoms with Crippen LogP contribution in [-0.4, -0.2) is 5.91 Å². The Morgan fingerprint density at radius 3 is 2.47 bits per heavy atom. The quantitative estimate of drug-likeness (QED) is 0.766. The summed E-state index contributed by atoms with van der Waals surface area (Å²) in [6.45, 7) is 0. The highest BCUT2D eigenvalue weighted by molar-refractivity contribution is 9.10. The van der Waals surface area contributed by atoms with Gasteiger partial charge >= 0.3 is 0 Å². The molecule has 0 fully saturated rings. The number of benzene rings is 2. The van der Waals surface area contributed by atoms with Crippen LogP contribution in [0.2, 0.25) is 5.02 Å². The highest BCUT2D eigenvalue weighted by atomic mass is 79.9. The lowest BCUT2D eigenvalue weighted by Crippen LogP contribution is -2.17. The molecule has 2 nitrogen and oxygen atoms in total. The van der Waals surface area contributed by atoms with Gasteiger partial charge in [-0.25, -0.2) is 0 Å². The second-order valence-corrected chi connectivity index (χ2v) is 5.61. The van der Waals surface area contributed by atoms with Crippen LogP contribution in [-0.2, 0) is 4.79 Å². The van der Waals surface area contributed by atoms with Crippen LogP contribution >= 0.6 is 39.1 Å². The van der Waals surface area contributed by atoms with Gasteiger partial charge in [0.05, 0.1) is 5.69 Å². The molecule has 0 aromatic heterocycles. The molecule has 5 heteroatoms. The number of carbonyl (C=O) groups excluding carboxylic acids is 1. The first-order valence-corrected chi connectivity index (χ1v) is 7.13. The second-order valence-electron chi connectivity index (χ2n) is 3.89. The molecule has 0 spiro atoms. The minimum Gasteiger partial charge on any atom is -0.323 e. The Balaban J connectivity index is 2.13. The summed E-state index contributed by atoms with van der Waals surface area (Å²) >= 11 is 15.3. The van der Waals surface area contributed by atoms with E-state index in [2.05, 4.69) is 21.2 Å². The van der Waals surface area contributed by atoms with E-state index < -0.39 is 5.38 Å². The van der Waals surface area contributed by atoms with Gasteiger partial charge < -0.3 is 5.32 Å². The number of anilines is 1. The maximum absolute atomic E-state index is 12.1. The van der Waals surface area contributed by atoms with E-state index in [4.69, 9.17) is 23.2 Å². The van der Waals surface area contributed by atoms with Crippen molar-refractivity contribution < 1.29 is 4.79 Å². The van der Waals surface area contributed by atoms with E-state index in [1.165, 1.54) is 0 Å². The zero-order chi connectivity index (χ0) is 13.8. The molecule has 1 N–H and O–H groups in total. The van der Waals surface area contributed by atoms with Gasteiger partial charge in [0.1, 0.15) is 5.38 Å². The van der Waals surface area contributed by atoms with Crippen molar-refractivity contribution in [1.29, 1.82) is 0 Å². The molecule has 1 amide bonds. The number of hydrogen-bond acceptors (Lipinski definition) is 1. The van der Waals surface area contributed by atoms with E-state index in [9.17, 15) is 4.79 Å². The molecule has 0 bridgehead atoms. The van der Waals surface area contributed by atoms with E-state index in [0.717, 1.165) is 5.56 Å². The number of alkyl halides is 1. The van der Waals surface area contributed by atoms with Crippen LogP contribution < -0.4 is 5.32 Å². The summed E-state index contributed by atoms with van der Waals surface area (Å²) in [6, 6.07) is 14.3. The van der Waals surface area contributed by atoms with Crippen molar-refractivity contribution in [1.82, 2.24) is 0 Å². The van der Waals surface area contributed by atoms with E-state index in [-0.39, 0.29) is 5.91 Å². The first-order valence-electron chi connectivity index (χ1n) is 5.53. The molecule has 2 aromatic rings. The lowest BCUT2D eigenvalue weighted by Gasteiger charge is -2.12. The minimum atomic E-state index is -0.733. The van der Waals surface area contributed by atoms with Crippen molar-refractivity contribution >= 4 is 50.7 Å². The lowest BCUT2D eigenvalue weighted by atomic mass is 10.1. The highest BCUT2D eigenvalue weighted by Crippen LogP contribution is 2.28. The molecular weight excluding hydrogens is 349 g/mol. The van der Waals surface area contributed by atoms with Gasteiger partial charge in [-0.05, 0) is 39.7 Å². The van der Waals surface area contributed by atoms with Crippen molar-refractivity contribution in [3.63, 3.8) is 0 Å². The van der Waals surface area contributed by atoms with Crippen molar-refractivity contribution in [2.75, 3.05) is 5.32 Å². The molecule has 0 aliphatic carbocycles. The molecule has 0 saturated heterocycles. The molecule has 0 aliphatic heterocycles. The molecule has 19 heavy (non-hydrogen) atoms. The minimum absolute atomic E-state index is 0.282. The standard InChI is InChI=1S/C14H10BrCl2NO/c15-11-8-10(16)6-7-12(11)18-14(19)13(17)9-4-2-1-3-5-9/h1-8,13H,(H,18,19). The Morgan fingerprint density at radius 2 is 1.84 bits per heavy atom. The van der Waals surface area contributed by atoms with Crippen molar-refractivity contribution in [2.24, 2.45) is 0 Å². The maximum Gasteiger partial charge on any atom is 0.247 e. The summed E-state index contributed by atoms with van der Waals surface area (Å²) in [4.78, 5) is 12.1. The Hall–Kier alpha value is -1.03. The first-order chi connectivity index (χ1) is 9.08. The van der Waals surface area contributed by atoms with Crippen molar-refractivity contribution in [2.45, 2.75) is 5.38 Å². The largest absolute Gasteiger partial charge is 0.323 e. The Kier molecular flexibility index (Phi) is 4.86. The number of carbonyl (C=O) groups is 1. The normalized spacial score (nSPS) is 11.9. The van der Waals surface area contributed by atoms with Crippen LogP contribution in [0.15, 0.2) is 53.0 Å². The summed E-state index contributed by atoms with van der Waals surface area (Å²) in [5.41, 5.74) is 1.39. The number of amides is 1. The fraction of sp³-hybridized carbons (Fsp3) is 0.0714. The molecule has 1 atom stereocenters. The zero-order valence-corrected chi connectivity index (χ0v) is 12.8. The van der Waals surface area contributed by atoms with Gasteiger partial charge in [0.15, 0.2) is 0 Å². The van der Waals surface area contributed by atoms with Crippen LogP contribution in [0.25, 0.3) is 0 Å². The van der Waals surface area contributed by atoms with Crippen LogP contribution in [0.3, 0.4) is 0 Å². The fourth-order valence-electron chi connectivity index (χ4n) is 1.56. The smallest absolute Gasteiger partial charge is 0.247 e.